The number of nitrogens with zero attached hydrogens (tertiary/aromatic N) is 1. The van der Waals surface area contributed by atoms with Gasteiger partial charge in [0.2, 0.25) is 0 Å². The van der Waals surface area contributed by atoms with Gasteiger partial charge in [-0.15, -0.1) is 0 Å². The number of rotatable bonds is 13. The first-order valence-electron chi connectivity index (χ1n) is 9.70. The number of hydrogen-bond acceptors (Lipinski definition) is 0. The molecule has 0 aromatic heterocycles. The van der Waals surface area contributed by atoms with E-state index < -0.39 is 0 Å². The molecule has 0 fully saturated rings. The average Bonchev–Trinajstić information content (AvgIpc) is 2.52. The molecule has 0 unspecified atom stereocenters. The van der Waals surface area contributed by atoms with E-state index in [0.717, 1.165) is 11.0 Å². The summed E-state index contributed by atoms with van der Waals surface area (Å²) < 4.78 is 1.01. The van der Waals surface area contributed by atoms with E-state index in [0.29, 0.717) is 10.0 Å². The molecule has 0 saturated heterocycles. The van der Waals surface area contributed by atoms with Gasteiger partial charge in [-0.05, 0) is 25.0 Å². The Labute approximate surface area is 172 Å². The maximum Gasteiger partial charge on any atom is 0.104 e. The van der Waals surface area contributed by atoms with E-state index in [9.17, 15) is 0 Å². The number of unbranched alkanes of at least 4 members (excludes halogenated alkanes) is 9. The van der Waals surface area contributed by atoms with E-state index >= 15 is 0 Å². The topological polar surface area (TPSA) is 0 Å². The van der Waals surface area contributed by atoms with E-state index in [1.807, 2.05) is 12.1 Å². The minimum absolute atomic E-state index is 0. The van der Waals surface area contributed by atoms with Crippen molar-refractivity contribution in [2.45, 2.75) is 77.7 Å². The Hall–Kier alpha value is 0.0500. The number of benzene rings is 1. The lowest BCUT2D eigenvalue weighted by molar-refractivity contribution is -0.903. The second-order valence-corrected chi connectivity index (χ2v) is 8.56. The molecule has 1 nitrogen and oxygen atoms in total. The predicted molar refractivity (Wildman–Crippen MR) is 109 cm³/mol. The fourth-order valence-electron chi connectivity index (χ4n) is 3.24. The molecule has 0 heterocycles. The number of hydrogen-bond donors (Lipinski definition) is 0. The molecule has 0 spiro atoms. The summed E-state index contributed by atoms with van der Waals surface area (Å²) >= 11 is 12.1. The second kappa shape index (κ2) is 14.2. The van der Waals surface area contributed by atoms with Crippen LogP contribution in [0.1, 0.15) is 76.7 Å². The zero-order valence-electron chi connectivity index (χ0n) is 16.3. The summed E-state index contributed by atoms with van der Waals surface area (Å²) in [7, 11) is 4.60. The van der Waals surface area contributed by atoms with Crippen LogP contribution in [0.5, 0.6) is 0 Å². The summed E-state index contributed by atoms with van der Waals surface area (Å²) in [6.45, 7) is 4.51. The highest BCUT2D eigenvalue weighted by molar-refractivity contribution is 6.42. The molecule has 25 heavy (non-hydrogen) atoms. The fourth-order valence-corrected chi connectivity index (χ4v) is 3.56. The lowest BCUT2D eigenvalue weighted by Crippen LogP contribution is -3.00. The number of halogens is 3. The second-order valence-electron chi connectivity index (χ2n) is 7.75. The van der Waals surface area contributed by atoms with Gasteiger partial charge in [-0.2, -0.15) is 0 Å². The highest BCUT2D eigenvalue weighted by atomic mass is 35.5. The monoisotopic (exact) mass is 407 g/mol. The molecule has 0 bridgehead atoms. The van der Waals surface area contributed by atoms with Gasteiger partial charge in [0.1, 0.15) is 6.54 Å². The van der Waals surface area contributed by atoms with Crippen molar-refractivity contribution in [1.82, 2.24) is 0 Å². The predicted octanol–water partition coefficient (Wildman–Crippen LogP) is 4.49. The first-order valence-corrected chi connectivity index (χ1v) is 10.5. The van der Waals surface area contributed by atoms with Crippen molar-refractivity contribution in [2.24, 2.45) is 0 Å². The standard InChI is InChI=1S/C21H36Cl2N.ClH/c1-4-5-6-7-8-9-10-11-12-13-16-24(2,3)18-19-14-15-20(22)21(23)17-19;/h14-15,17H,4-13,16,18H2,1-3H3;1H/q+1;/p-1. The third-order valence-electron chi connectivity index (χ3n) is 4.71. The maximum atomic E-state index is 6.12. The lowest BCUT2D eigenvalue weighted by Gasteiger charge is -2.30. The molecule has 0 atom stereocenters. The van der Waals surface area contributed by atoms with Crippen LogP contribution in [0.3, 0.4) is 0 Å². The summed E-state index contributed by atoms with van der Waals surface area (Å²) in [4.78, 5) is 0. The minimum atomic E-state index is 0. The molecule has 146 valence electrons. The van der Waals surface area contributed by atoms with Crippen molar-refractivity contribution >= 4 is 23.2 Å². The van der Waals surface area contributed by atoms with Crippen LogP contribution in [0.4, 0.5) is 0 Å². The van der Waals surface area contributed by atoms with E-state index in [1.165, 1.54) is 76.3 Å². The molecule has 1 aromatic rings. The van der Waals surface area contributed by atoms with Crippen molar-refractivity contribution in [3.05, 3.63) is 33.8 Å². The van der Waals surface area contributed by atoms with Crippen molar-refractivity contribution in [2.75, 3.05) is 20.6 Å². The Balaban J connectivity index is 0.00000576. The summed E-state index contributed by atoms with van der Waals surface area (Å²) in [6, 6.07) is 5.99. The van der Waals surface area contributed by atoms with E-state index in [4.69, 9.17) is 23.2 Å². The van der Waals surface area contributed by atoms with Gasteiger partial charge >= 0.3 is 0 Å². The Bertz CT molecular complexity index is 460. The molecule has 0 aliphatic carbocycles. The van der Waals surface area contributed by atoms with Crippen LogP contribution in [0.15, 0.2) is 18.2 Å². The zero-order valence-corrected chi connectivity index (χ0v) is 18.6. The first-order chi connectivity index (χ1) is 11.4. The molecule has 4 heteroatoms. The van der Waals surface area contributed by atoms with Gasteiger partial charge in [-0.1, -0.05) is 87.6 Å². The average molecular weight is 409 g/mol. The van der Waals surface area contributed by atoms with Crippen LogP contribution < -0.4 is 12.4 Å². The Kier molecular flexibility index (Phi) is 14.2. The van der Waals surface area contributed by atoms with Gasteiger partial charge in [0.05, 0.1) is 30.7 Å². The molecular weight excluding hydrogens is 373 g/mol. The lowest BCUT2D eigenvalue weighted by atomic mass is 10.1. The van der Waals surface area contributed by atoms with Gasteiger partial charge in [0, 0.05) is 5.56 Å². The van der Waals surface area contributed by atoms with Crippen LogP contribution in [0.25, 0.3) is 0 Å². The van der Waals surface area contributed by atoms with Gasteiger partial charge < -0.3 is 16.9 Å². The summed E-state index contributed by atoms with van der Waals surface area (Å²) in [5.74, 6) is 0. The van der Waals surface area contributed by atoms with Crippen molar-refractivity contribution in [3.8, 4) is 0 Å². The van der Waals surface area contributed by atoms with E-state index in [2.05, 4.69) is 27.1 Å². The van der Waals surface area contributed by atoms with Crippen LogP contribution in [0, 0.1) is 0 Å². The third-order valence-corrected chi connectivity index (χ3v) is 5.45. The summed E-state index contributed by atoms with van der Waals surface area (Å²) in [5, 5.41) is 1.30. The normalized spacial score (nSPS) is 11.4. The maximum absolute atomic E-state index is 6.12. The Morgan fingerprint density at radius 2 is 1.28 bits per heavy atom. The summed E-state index contributed by atoms with van der Waals surface area (Å²) in [5.41, 5.74) is 1.27. The van der Waals surface area contributed by atoms with Crippen LogP contribution in [0.2, 0.25) is 10.0 Å². The zero-order chi connectivity index (χ0) is 17.8. The molecule has 1 rings (SSSR count). The third kappa shape index (κ3) is 12.1. The van der Waals surface area contributed by atoms with Gasteiger partial charge in [0.15, 0.2) is 0 Å². The quantitative estimate of drug-likeness (QED) is 0.333. The van der Waals surface area contributed by atoms with Crippen LogP contribution in [-0.2, 0) is 6.54 Å². The molecule has 0 amide bonds. The smallest absolute Gasteiger partial charge is 0.104 e. The van der Waals surface area contributed by atoms with E-state index in [1.54, 1.807) is 0 Å². The Morgan fingerprint density at radius 3 is 1.80 bits per heavy atom. The molecule has 0 aliphatic heterocycles. The van der Waals surface area contributed by atoms with Crippen molar-refractivity contribution in [3.63, 3.8) is 0 Å². The molecule has 0 aliphatic rings. The molecule has 1 aromatic carbocycles. The van der Waals surface area contributed by atoms with Gasteiger partial charge in [0.25, 0.3) is 0 Å². The minimum Gasteiger partial charge on any atom is -1.00 e. The highest BCUT2D eigenvalue weighted by Crippen LogP contribution is 2.24. The fraction of sp³-hybridized carbons (Fsp3) is 0.714. The number of quaternary nitrogens is 1. The molecule has 0 radical (unpaired) electrons. The first kappa shape index (κ1) is 25.1. The SMILES string of the molecule is CCCCCCCCCCCC[N+](C)(C)Cc1ccc(Cl)c(Cl)c1.[Cl-]. The largest absolute Gasteiger partial charge is 1.00 e. The van der Waals surface area contributed by atoms with Crippen molar-refractivity contribution < 1.29 is 16.9 Å². The summed E-state index contributed by atoms with van der Waals surface area (Å²) in [6.07, 6.45) is 13.9. The highest BCUT2D eigenvalue weighted by Gasteiger charge is 2.16. The van der Waals surface area contributed by atoms with Crippen LogP contribution >= 0.6 is 23.2 Å². The molecule has 0 saturated carbocycles. The van der Waals surface area contributed by atoms with Gasteiger partial charge in [-0.25, -0.2) is 0 Å². The van der Waals surface area contributed by atoms with Gasteiger partial charge in [-0.3, -0.25) is 0 Å². The molecule has 0 N–H and O–H groups in total. The van der Waals surface area contributed by atoms with Crippen molar-refractivity contribution in [1.29, 1.82) is 0 Å². The Morgan fingerprint density at radius 1 is 0.760 bits per heavy atom. The van der Waals surface area contributed by atoms with Crippen LogP contribution in [-0.4, -0.2) is 25.1 Å². The van der Waals surface area contributed by atoms with E-state index in [-0.39, 0.29) is 12.4 Å². The molecular formula is C21H36Cl3N.